The van der Waals surface area contributed by atoms with Crippen LogP contribution in [0.25, 0.3) is 0 Å². The van der Waals surface area contributed by atoms with Gasteiger partial charge < -0.3 is 5.32 Å². The number of nitrogens with one attached hydrogen (secondary N) is 1. The van der Waals surface area contributed by atoms with Crippen molar-refractivity contribution < 1.29 is 4.79 Å². The van der Waals surface area contributed by atoms with Gasteiger partial charge in [-0.2, -0.15) is 0 Å². The van der Waals surface area contributed by atoms with E-state index in [0.29, 0.717) is 5.92 Å². The van der Waals surface area contributed by atoms with E-state index >= 15 is 0 Å². The molecule has 0 spiro atoms. The van der Waals surface area contributed by atoms with E-state index in [1.54, 1.807) is 11.6 Å². The predicted molar refractivity (Wildman–Crippen MR) is 64.1 cm³/mol. The summed E-state index contributed by atoms with van der Waals surface area (Å²) in [6.07, 6.45) is 12.8. The van der Waals surface area contributed by atoms with Crippen molar-refractivity contribution in [2.45, 2.75) is 31.7 Å². The van der Waals surface area contributed by atoms with Crippen molar-refractivity contribution in [3.8, 4) is 0 Å². The van der Waals surface area contributed by atoms with Gasteiger partial charge in [0, 0.05) is 6.54 Å². The number of allylic oxidation sites excluding steroid dienone is 2. The number of rotatable bonds is 0. The molecule has 16 heavy (non-hydrogen) atoms. The number of hydrogen-bond donors (Lipinski definition) is 1. The maximum atomic E-state index is 11.9. The first-order valence-corrected chi connectivity index (χ1v) is 6.21. The Hall–Kier alpha value is -1.15. The van der Waals surface area contributed by atoms with Crippen LogP contribution in [-0.2, 0) is 4.79 Å². The van der Waals surface area contributed by atoms with E-state index < -0.39 is 0 Å². The minimum absolute atomic E-state index is 0.0700. The summed E-state index contributed by atoms with van der Waals surface area (Å²) in [6.45, 7) is 0.983. The molecule has 0 aromatic heterocycles. The quantitative estimate of drug-likeness (QED) is 0.670. The molecule has 0 bridgehead atoms. The molecule has 0 amide bonds. The summed E-state index contributed by atoms with van der Waals surface area (Å²) >= 11 is 0. The first-order chi connectivity index (χ1) is 7.86. The molecule has 3 rings (SSSR count). The fraction of sp³-hybridized carbons (Fsp3) is 0.500. The van der Waals surface area contributed by atoms with Crippen molar-refractivity contribution in [2.24, 2.45) is 5.92 Å². The molecule has 3 aliphatic rings. The van der Waals surface area contributed by atoms with Gasteiger partial charge in [-0.1, -0.05) is 30.2 Å². The Kier molecular flexibility index (Phi) is 2.52. The molecule has 2 atom stereocenters. The summed E-state index contributed by atoms with van der Waals surface area (Å²) in [5.74, 6) is 0.882. The third-order valence-electron chi connectivity index (χ3n) is 3.92. The molecule has 1 aliphatic heterocycles. The van der Waals surface area contributed by atoms with Crippen LogP contribution in [-0.4, -0.2) is 18.4 Å². The highest BCUT2D eigenvalue weighted by molar-refractivity contribution is 5.98. The lowest BCUT2D eigenvalue weighted by molar-refractivity contribution is -0.115. The molecule has 84 valence electrons. The zero-order valence-electron chi connectivity index (χ0n) is 9.41. The van der Waals surface area contributed by atoms with Gasteiger partial charge in [-0.05, 0) is 36.8 Å². The molecule has 2 aliphatic carbocycles. The number of fused-ring (bicyclic) bond motifs is 2. The van der Waals surface area contributed by atoms with E-state index in [2.05, 4.69) is 11.4 Å². The minimum Gasteiger partial charge on any atom is -0.303 e. The number of carbonyl (C=O) groups is 1. The van der Waals surface area contributed by atoms with Crippen molar-refractivity contribution in [3.63, 3.8) is 0 Å². The average molecular weight is 215 g/mol. The lowest BCUT2D eigenvalue weighted by Crippen LogP contribution is -2.45. The highest BCUT2D eigenvalue weighted by Gasteiger charge is 2.32. The van der Waals surface area contributed by atoms with Gasteiger partial charge >= 0.3 is 0 Å². The first-order valence-electron chi connectivity index (χ1n) is 6.21. The lowest BCUT2D eigenvalue weighted by atomic mass is 9.77. The second kappa shape index (κ2) is 4.02. The highest BCUT2D eigenvalue weighted by Crippen LogP contribution is 2.36. The van der Waals surface area contributed by atoms with E-state index in [-0.39, 0.29) is 11.8 Å². The molecule has 1 fully saturated rings. The Morgan fingerprint density at radius 3 is 3.00 bits per heavy atom. The molecule has 2 unspecified atom stereocenters. The standard InChI is InChI=1S/C14H17NO/c16-13-8-4-3-7-12-11-6-2-1-5-10(11)9-15-14(12)13/h3-4,7-8,10,14-15H,1-2,5-6,9H2. The van der Waals surface area contributed by atoms with Crippen LogP contribution in [0.1, 0.15) is 25.7 Å². The zero-order valence-corrected chi connectivity index (χ0v) is 9.41. The summed E-state index contributed by atoms with van der Waals surface area (Å²) in [4.78, 5) is 11.9. The van der Waals surface area contributed by atoms with Gasteiger partial charge in [-0.3, -0.25) is 4.79 Å². The second-order valence-corrected chi connectivity index (χ2v) is 4.89. The molecule has 0 saturated heterocycles. The number of hydrogen-bond acceptors (Lipinski definition) is 2. The van der Waals surface area contributed by atoms with Crippen molar-refractivity contribution >= 4 is 5.78 Å². The Labute approximate surface area is 96.1 Å². The molecule has 0 aromatic rings. The summed E-state index contributed by atoms with van der Waals surface area (Å²) in [7, 11) is 0. The highest BCUT2D eigenvalue weighted by atomic mass is 16.1. The van der Waals surface area contributed by atoms with Crippen molar-refractivity contribution in [1.29, 1.82) is 0 Å². The van der Waals surface area contributed by atoms with Gasteiger partial charge in [0.25, 0.3) is 0 Å². The monoisotopic (exact) mass is 215 g/mol. The van der Waals surface area contributed by atoms with Gasteiger partial charge in [0.15, 0.2) is 5.78 Å². The van der Waals surface area contributed by atoms with Crippen LogP contribution in [0.15, 0.2) is 35.5 Å². The van der Waals surface area contributed by atoms with E-state index in [1.165, 1.54) is 31.3 Å². The Morgan fingerprint density at radius 2 is 2.06 bits per heavy atom. The number of ketones is 1. The summed E-state index contributed by atoms with van der Waals surface area (Å²) in [5.41, 5.74) is 2.80. The van der Waals surface area contributed by atoms with Crippen LogP contribution in [0, 0.1) is 5.92 Å². The summed E-state index contributed by atoms with van der Waals surface area (Å²) in [6, 6.07) is -0.0700. The normalized spacial score (nSPS) is 33.4. The lowest BCUT2D eigenvalue weighted by Gasteiger charge is -2.35. The topological polar surface area (TPSA) is 29.1 Å². The van der Waals surface area contributed by atoms with E-state index in [0.717, 1.165) is 6.54 Å². The minimum atomic E-state index is -0.0700. The Bertz CT molecular complexity index is 403. The van der Waals surface area contributed by atoms with E-state index in [4.69, 9.17) is 0 Å². The SMILES string of the molecule is O=C1C=CC=CC2=C3CCCCC3CNC12. The summed E-state index contributed by atoms with van der Waals surface area (Å²) in [5, 5.41) is 3.40. The number of carbonyl (C=O) groups excluding carboxylic acids is 1. The Balaban J connectivity index is 2.03. The molecule has 1 heterocycles. The molecule has 0 radical (unpaired) electrons. The van der Waals surface area contributed by atoms with E-state index in [1.807, 2.05) is 12.2 Å². The Morgan fingerprint density at radius 1 is 1.19 bits per heavy atom. The van der Waals surface area contributed by atoms with Crippen LogP contribution >= 0.6 is 0 Å². The van der Waals surface area contributed by atoms with E-state index in [9.17, 15) is 4.79 Å². The van der Waals surface area contributed by atoms with Crippen molar-refractivity contribution in [3.05, 3.63) is 35.5 Å². The molecule has 0 aromatic carbocycles. The van der Waals surface area contributed by atoms with Crippen molar-refractivity contribution in [2.75, 3.05) is 6.54 Å². The van der Waals surface area contributed by atoms with Crippen LogP contribution in [0.4, 0.5) is 0 Å². The van der Waals surface area contributed by atoms with Gasteiger partial charge in [-0.15, -0.1) is 0 Å². The maximum Gasteiger partial charge on any atom is 0.177 e. The molecule has 2 nitrogen and oxygen atoms in total. The van der Waals surface area contributed by atoms with Gasteiger partial charge in [0.05, 0.1) is 6.04 Å². The second-order valence-electron chi connectivity index (χ2n) is 4.89. The largest absolute Gasteiger partial charge is 0.303 e. The molecule has 1 saturated carbocycles. The smallest absolute Gasteiger partial charge is 0.177 e. The first kappa shape index (κ1) is 10.0. The van der Waals surface area contributed by atoms with Gasteiger partial charge in [-0.25, -0.2) is 0 Å². The maximum absolute atomic E-state index is 11.9. The fourth-order valence-corrected chi connectivity index (χ4v) is 3.11. The van der Waals surface area contributed by atoms with Crippen LogP contribution in [0.5, 0.6) is 0 Å². The van der Waals surface area contributed by atoms with Crippen LogP contribution in [0.2, 0.25) is 0 Å². The van der Waals surface area contributed by atoms with Crippen molar-refractivity contribution in [1.82, 2.24) is 5.32 Å². The van der Waals surface area contributed by atoms with Gasteiger partial charge in [0.2, 0.25) is 0 Å². The molecular formula is C14H17NO. The van der Waals surface area contributed by atoms with Gasteiger partial charge in [0.1, 0.15) is 0 Å². The molecule has 1 N–H and O–H groups in total. The zero-order chi connectivity index (χ0) is 11.0. The molecule has 2 heteroatoms. The third kappa shape index (κ3) is 1.57. The van der Waals surface area contributed by atoms with Crippen LogP contribution in [0.3, 0.4) is 0 Å². The third-order valence-corrected chi connectivity index (χ3v) is 3.92. The fourth-order valence-electron chi connectivity index (χ4n) is 3.11. The predicted octanol–water partition coefficient (Wildman–Crippen LogP) is 2.14. The molecular weight excluding hydrogens is 198 g/mol. The average Bonchev–Trinajstić information content (AvgIpc) is 2.52. The summed E-state index contributed by atoms with van der Waals surface area (Å²) < 4.78 is 0. The van der Waals surface area contributed by atoms with Crippen LogP contribution < -0.4 is 5.32 Å².